The zero-order valence-electron chi connectivity index (χ0n) is 13.2. The number of nitrogens with zero attached hydrogens (tertiary/aromatic N) is 1. The Balaban J connectivity index is 2.42. The summed E-state index contributed by atoms with van der Waals surface area (Å²) in [5.41, 5.74) is -0.522. The topological polar surface area (TPSA) is 41.6 Å². The molecular formula is C15H30N2O2. The van der Waals surface area contributed by atoms with E-state index in [9.17, 15) is 4.79 Å². The van der Waals surface area contributed by atoms with Crippen LogP contribution in [0.3, 0.4) is 0 Å². The minimum absolute atomic E-state index is 0.134. The number of hydrogen-bond acceptors (Lipinski definition) is 4. The molecule has 0 bridgehead atoms. The van der Waals surface area contributed by atoms with E-state index in [1.165, 1.54) is 20.0 Å². The van der Waals surface area contributed by atoms with Crippen LogP contribution >= 0.6 is 0 Å². The fraction of sp³-hybridized carbons (Fsp3) is 0.933. The lowest BCUT2D eigenvalue weighted by Gasteiger charge is -2.30. The summed E-state index contributed by atoms with van der Waals surface area (Å²) in [7, 11) is 3.62. The summed E-state index contributed by atoms with van der Waals surface area (Å²) in [6, 6.07) is 1.11. The van der Waals surface area contributed by atoms with E-state index < -0.39 is 5.54 Å². The molecule has 112 valence electrons. The highest BCUT2D eigenvalue weighted by atomic mass is 16.5. The van der Waals surface area contributed by atoms with E-state index in [2.05, 4.69) is 31.1 Å². The maximum atomic E-state index is 12.0. The Hall–Kier alpha value is -0.610. The molecule has 0 radical (unpaired) electrons. The van der Waals surface area contributed by atoms with Crippen molar-refractivity contribution in [3.8, 4) is 0 Å². The monoisotopic (exact) mass is 270 g/mol. The van der Waals surface area contributed by atoms with E-state index in [4.69, 9.17) is 4.74 Å². The van der Waals surface area contributed by atoms with Crippen LogP contribution in [0.2, 0.25) is 0 Å². The lowest BCUT2D eigenvalue weighted by atomic mass is 9.95. The molecule has 4 heteroatoms. The zero-order chi connectivity index (χ0) is 14.5. The van der Waals surface area contributed by atoms with Crippen LogP contribution < -0.4 is 5.32 Å². The highest BCUT2D eigenvalue weighted by Crippen LogP contribution is 2.25. The fourth-order valence-corrected chi connectivity index (χ4v) is 2.35. The van der Waals surface area contributed by atoms with E-state index in [1.807, 2.05) is 6.92 Å². The summed E-state index contributed by atoms with van der Waals surface area (Å²) < 4.78 is 4.96. The number of hydrogen-bond donors (Lipinski definition) is 1. The second-order valence-corrected chi connectivity index (χ2v) is 6.08. The lowest BCUT2D eigenvalue weighted by molar-refractivity contribution is -0.148. The maximum absolute atomic E-state index is 12.0. The minimum atomic E-state index is -0.522. The summed E-state index contributed by atoms with van der Waals surface area (Å²) in [6.07, 6.45) is 5.35. The largest absolute Gasteiger partial charge is 0.468 e. The van der Waals surface area contributed by atoms with Gasteiger partial charge in [0.15, 0.2) is 0 Å². The summed E-state index contributed by atoms with van der Waals surface area (Å²) in [6.45, 7) is 7.44. The third-order valence-corrected chi connectivity index (χ3v) is 4.27. The molecular weight excluding hydrogens is 240 g/mol. The molecule has 2 atom stereocenters. The Bertz CT molecular complexity index is 292. The first-order valence-corrected chi connectivity index (χ1v) is 7.49. The fourth-order valence-electron chi connectivity index (χ4n) is 2.35. The van der Waals surface area contributed by atoms with Crippen LogP contribution in [0.1, 0.15) is 52.9 Å². The van der Waals surface area contributed by atoms with Crippen LogP contribution in [0.15, 0.2) is 0 Å². The second-order valence-electron chi connectivity index (χ2n) is 6.08. The summed E-state index contributed by atoms with van der Waals surface area (Å²) in [5, 5.41) is 3.44. The number of carbonyl (C=O) groups excluding carboxylic acids is 1. The van der Waals surface area contributed by atoms with Crippen LogP contribution in [0.25, 0.3) is 0 Å². The van der Waals surface area contributed by atoms with E-state index in [1.54, 1.807) is 0 Å². The first kappa shape index (κ1) is 16.4. The third-order valence-electron chi connectivity index (χ3n) is 4.27. The van der Waals surface area contributed by atoms with Crippen molar-refractivity contribution in [1.29, 1.82) is 0 Å². The van der Waals surface area contributed by atoms with Crippen molar-refractivity contribution in [1.82, 2.24) is 10.2 Å². The minimum Gasteiger partial charge on any atom is -0.468 e. The molecule has 0 heterocycles. The van der Waals surface area contributed by atoms with Gasteiger partial charge in [-0.15, -0.1) is 0 Å². The quantitative estimate of drug-likeness (QED) is 0.652. The average molecular weight is 270 g/mol. The standard InChI is InChI=1S/C15H30N2O2/c1-6-12(2)17(4)11-7-10-15(3,14(18)19-5)16-13-8-9-13/h12-13,16H,6-11H2,1-5H3. The molecule has 1 fully saturated rings. The van der Waals surface area contributed by atoms with E-state index in [0.29, 0.717) is 12.1 Å². The number of carbonyl (C=O) groups is 1. The van der Waals surface area contributed by atoms with Crippen molar-refractivity contribution in [3.05, 3.63) is 0 Å². The second kappa shape index (κ2) is 7.25. The summed E-state index contributed by atoms with van der Waals surface area (Å²) in [4.78, 5) is 14.3. The smallest absolute Gasteiger partial charge is 0.325 e. The van der Waals surface area contributed by atoms with Gasteiger partial charge in [-0.05, 0) is 59.5 Å². The molecule has 1 aliphatic carbocycles. The Morgan fingerprint density at radius 2 is 2.16 bits per heavy atom. The van der Waals surface area contributed by atoms with Crippen LogP contribution in [-0.4, -0.2) is 49.2 Å². The lowest BCUT2D eigenvalue weighted by Crippen LogP contribution is -2.51. The van der Waals surface area contributed by atoms with Crippen LogP contribution in [0.5, 0.6) is 0 Å². The molecule has 0 aliphatic heterocycles. The van der Waals surface area contributed by atoms with E-state index >= 15 is 0 Å². The zero-order valence-corrected chi connectivity index (χ0v) is 13.2. The van der Waals surface area contributed by atoms with Crippen molar-refractivity contribution in [2.24, 2.45) is 0 Å². The highest BCUT2D eigenvalue weighted by Gasteiger charge is 2.38. The summed E-state index contributed by atoms with van der Waals surface area (Å²) in [5.74, 6) is -0.134. The van der Waals surface area contributed by atoms with Gasteiger partial charge in [0.05, 0.1) is 7.11 Å². The van der Waals surface area contributed by atoms with Gasteiger partial charge in [-0.2, -0.15) is 0 Å². The molecule has 1 aliphatic rings. The van der Waals surface area contributed by atoms with Crippen molar-refractivity contribution < 1.29 is 9.53 Å². The van der Waals surface area contributed by atoms with Gasteiger partial charge in [-0.1, -0.05) is 6.92 Å². The van der Waals surface area contributed by atoms with E-state index in [-0.39, 0.29) is 5.97 Å². The van der Waals surface area contributed by atoms with Crippen molar-refractivity contribution in [2.45, 2.75) is 70.5 Å². The Morgan fingerprint density at radius 3 is 2.63 bits per heavy atom. The molecule has 0 aromatic heterocycles. The van der Waals surface area contributed by atoms with Crippen molar-refractivity contribution >= 4 is 5.97 Å². The molecule has 0 aromatic rings. The number of nitrogens with one attached hydrogen (secondary N) is 1. The Morgan fingerprint density at radius 1 is 1.53 bits per heavy atom. The normalized spacial score (nSPS) is 20.1. The van der Waals surface area contributed by atoms with Gasteiger partial charge >= 0.3 is 5.97 Å². The first-order valence-electron chi connectivity index (χ1n) is 7.49. The van der Waals surface area contributed by atoms with Gasteiger partial charge in [0.2, 0.25) is 0 Å². The third kappa shape index (κ3) is 5.11. The van der Waals surface area contributed by atoms with Crippen LogP contribution in [0.4, 0.5) is 0 Å². The number of rotatable bonds is 9. The number of methoxy groups -OCH3 is 1. The predicted octanol–water partition coefficient (Wildman–Crippen LogP) is 2.18. The van der Waals surface area contributed by atoms with Crippen LogP contribution in [0, 0.1) is 0 Å². The first-order chi connectivity index (χ1) is 8.92. The molecule has 1 saturated carbocycles. The Labute approximate surface area is 117 Å². The van der Waals surface area contributed by atoms with Gasteiger partial charge < -0.3 is 9.64 Å². The highest BCUT2D eigenvalue weighted by molar-refractivity contribution is 5.80. The molecule has 0 aromatic carbocycles. The van der Waals surface area contributed by atoms with Gasteiger partial charge in [-0.3, -0.25) is 10.1 Å². The predicted molar refractivity (Wildman–Crippen MR) is 78.2 cm³/mol. The number of esters is 1. The summed E-state index contributed by atoms with van der Waals surface area (Å²) >= 11 is 0. The molecule has 1 rings (SSSR count). The Kier molecular flexibility index (Phi) is 6.27. The van der Waals surface area contributed by atoms with Crippen molar-refractivity contribution in [3.63, 3.8) is 0 Å². The number of ether oxygens (including phenoxy) is 1. The van der Waals surface area contributed by atoms with Gasteiger partial charge in [-0.25, -0.2) is 0 Å². The molecule has 0 spiro atoms. The van der Waals surface area contributed by atoms with Gasteiger partial charge in [0.25, 0.3) is 0 Å². The van der Waals surface area contributed by atoms with E-state index in [0.717, 1.165) is 25.8 Å². The molecule has 2 unspecified atom stereocenters. The SMILES string of the molecule is CCC(C)N(C)CCCC(C)(NC1CC1)C(=O)OC. The molecule has 4 nitrogen and oxygen atoms in total. The molecule has 0 amide bonds. The molecule has 1 N–H and O–H groups in total. The maximum Gasteiger partial charge on any atom is 0.325 e. The van der Waals surface area contributed by atoms with Crippen molar-refractivity contribution in [2.75, 3.05) is 20.7 Å². The molecule has 19 heavy (non-hydrogen) atoms. The molecule has 0 saturated heterocycles. The van der Waals surface area contributed by atoms with Gasteiger partial charge in [0.1, 0.15) is 5.54 Å². The van der Waals surface area contributed by atoms with Gasteiger partial charge in [0, 0.05) is 12.1 Å². The average Bonchev–Trinajstić information content (AvgIpc) is 3.20. The van der Waals surface area contributed by atoms with Crippen LogP contribution in [-0.2, 0) is 9.53 Å².